The van der Waals surface area contributed by atoms with E-state index < -0.39 is 0 Å². The van der Waals surface area contributed by atoms with Crippen molar-refractivity contribution in [2.45, 2.75) is 26.7 Å². The molecular formula is C23H29N3O2S. The average molecular weight is 412 g/mol. The van der Waals surface area contributed by atoms with Crippen molar-refractivity contribution in [3.63, 3.8) is 0 Å². The number of aromatic nitrogens is 1. The van der Waals surface area contributed by atoms with Crippen LogP contribution in [0.5, 0.6) is 5.75 Å². The molecule has 0 aliphatic rings. The molecule has 0 saturated heterocycles. The number of amides is 1. The maximum absolute atomic E-state index is 13.2. The molecule has 154 valence electrons. The molecule has 29 heavy (non-hydrogen) atoms. The van der Waals surface area contributed by atoms with Crippen LogP contribution in [0.25, 0.3) is 10.2 Å². The number of hydrogen-bond acceptors (Lipinski definition) is 5. The third-order valence-corrected chi connectivity index (χ3v) is 5.78. The van der Waals surface area contributed by atoms with Gasteiger partial charge >= 0.3 is 0 Å². The van der Waals surface area contributed by atoms with E-state index in [-0.39, 0.29) is 5.91 Å². The number of nitrogens with zero attached hydrogens (tertiary/aromatic N) is 3. The van der Waals surface area contributed by atoms with Gasteiger partial charge in [-0.3, -0.25) is 9.69 Å². The van der Waals surface area contributed by atoms with Crippen molar-refractivity contribution in [2.24, 2.45) is 0 Å². The number of rotatable bonds is 9. The molecule has 3 aromatic rings. The number of thiazole rings is 1. The minimum atomic E-state index is 0.0609. The van der Waals surface area contributed by atoms with Crippen LogP contribution in [0.1, 0.15) is 25.0 Å². The van der Waals surface area contributed by atoms with Crippen LogP contribution >= 0.6 is 11.3 Å². The Kier molecular flexibility index (Phi) is 7.23. The summed E-state index contributed by atoms with van der Waals surface area (Å²) in [5, 5.41) is 0.769. The second-order valence-electron chi connectivity index (χ2n) is 7.25. The van der Waals surface area contributed by atoms with Gasteiger partial charge < -0.3 is 9.64 Å². The third-order valence-electron chi connectivity index (χ3n) is 4.74. The molecule has 0 radical (unpaired) electrons. The fraction of sp³-hybridized carbons (Fsp3) is 0.391. The second-order valence-corrected chi connectivity index (χ2v) is 8.26. The summed E-state index contributed by atoms with van der Waals surface area (Å²) in [6.45, 7) is 6.14. The van der Waals surface area contributed by atoms with Gasteiger partial charge in [-0.1, -0.05) is 36.5 Å². The molecule has 0 saturated carbocycles. The minimum Gasteiger partial charge on any atom is -0.494 e. The first kappa shape index (κ1) is 21.3. The highest BCUT2D eigenvalue weighted by Crippen LogP contribution is 2.30. The first-order valence-electron chi connectivity index (χ1n) is 10.1. The van der Waals surface area contributed by atoms with E-state index in [1.54, 1.807) is 11.3 Å². The van der Waals surface area contributed by atoms with Crippen LogP contribution < -0.4 is 9.64 Å². The molecule has 0 aliphatic carbocycles. The monoisotopic (exact) mass is 411 g/mol. The lowest BCUT2D eigenvalue weighted by molar-refractivity contribution is -0.118. The SMILES string of the molecule is CCOc1ccc(CC(=O)N(CCN(C)C)c2nc3ccc(CC)cc3s2)cc1. The van der Waals surface area contributed by atoms with E-state index in [1.165, 1.54) is 5.56 Å². The van der Waals surface area contributed by atoms with E-state index in [4.69, 9.17) is 9.72 Å². The van der Waals surface area contributed by atoms with Gasteiger partial charge in [0, 0.05) is 13.1 Å². The number of benzene rings is 2. The van der Waals surface area contributed by atoms with Gasteiger partial charge in [0.15, 0.2) is 5.13 Å². The van der Waals surface area contributed by atoms with Gasteiger partial charge in [0.05, 0.1) is 23.2 Å². The average Bonchev–Trinajstić information content (AvgIpc) is 3.12. The zero-order valence-corrected chi connectivity index (χ0v) is 18.5. The quantitative estimate of drug-likeness (QED) is 0.524. The van der Waals surface area contributed by atoms with Crippen molar-refractivity contribution in [3.05, 3.63) is 53.6 Å². The standard InChI is InChI=1S/C23H29N3O2S/c1-5-17-9-12-20-21(15-17)29-23(24-20)26(14-13-25(3)4)22(27)16-18-7-10-19(11-8-18)28-6-2/h7-12,15H,5-6,13-14,16H2,1-4H3. The number of aryl methyl sites for hydroxylation is 1. The van der Waals surface area contributed by atoms with Gasteiger partial charge in [-0.2, -0.15) is 0 Å². The highest BCUT2D eigenvalue weighted by molar-refractivity contribution is 7.22. The maximum atomic E-state index is 13.2. The summed E-state index contributed by atoms with van der Waals surface area (Å²) < 4.78 is 6.62. The van der Waals surface area contributed by atoms with Crippen LogP contribution in [0, 0.1) is 0 Å². The van der Waals surface area contributed by atoms with E-state index >= 15 is 0 Å². The molecule has 0 aliphatic heterocycles. The van der Waals surface area contributed by atoms with E-state index in [2.05, 4.69) is 30.0 Å². The van der Waals surface area contributed by atoms with Crippen LogP contribution in [0.4, 0.5) is 5.13 Å². The fourth-order valence-corrected chi connectivity index (χ4v) is 4.13. The van der Waals surface area contributed by atoms with Crippen molar-refractivity contribution in [3.8, 4) is 5.75 Å². The lowest BCUT2D eigenvalue weighted by atomic mass is 10.1. The van der Waals surface area contributed by atoms with Crippen LogP contribution in [-0.2, 0) is 17.6 Å². The molecule has 1 aromatic heterocycles. The highest BCUT2D eigenvalue weighted by atomic mass is 32.1. The van der Waals surface area contributed by atoms with Gasteiger partial charge in [-0.15, -0.1) is 0 Å². The van der Waals surface area contributed by atoms with Crippen molar-refractivity contribution in [1.82, 2.24) is 9.88 Å². The molecule has 1 heterocycles. The predicted molar refractivity (Wildman–Crippen MR) is 121 cm³/mol. The lowest BCUT2D eigenvalue weighted by Gasteiger charge is -2.22. The molecule has 6 heteroatoms. The smallest absolute Gasteiger partial charge is 0.233 e. The Balaban J connectivity index is 1.82. The minimum absolute atomic E-state index is 0.0609. The molecule has 0 N–H and O–H groups in total. The van der Waals surface area contributed by atoms with Gasteiger partial charge in [0.2, 0.25) is 5.91 Å². The normalized spacial score (nSPS) is 11.2. The van der Waals surface area contributed by atoms with Crippen LogP contribution in [0.15, 0.2) is 42.5 Å². The van der Waals surface area contributed by atoms with E-state index in [0.29, 0.717) is 19.6 Å². The van der Waals surface area contributed by atoms with Gasteiger partial charge in [-0.05, 0) is 62.8 Å². The lowest BCUT2D eigenvalue weighted by Crippen LogP contribution is -2.37. The van der Waals surface area contributed by atoms with Crippen molar-refractivity contribution in [1.29, 1.82) is 0 Å². The van der Waals surface area contributed by atoms with Gasteiger partial charge in [0.1, 0.15) is 5.75 Å². The Hall–Kier alpha value is -2.44. The Morgan fingerprint density at radius 1 is 1.03 bits per heavy atom. The van der Waals surface area contributed by atoms with E-state index in [1.807, 2.05) is 50.2 Å². The zero-order chi connectivity index (χ0) is 20.8. The molecular weight excluding hydrogens is 382 g/mol. The number of anilines is 1. The first-order chi connectivity index (χ1) is 14.0. The summed E-state index contributed by atoms with van der Waals surface area (Å²) in [5.74, 6) is 0.886. The van der Waals surface area contributed by atoms with Crippen molar-refractivity contribution < 1.29 is 9.53 Å². The Labute approximate surface area is 176 Å². The zero-order valence-electron chi connectivity index (χ0n) is 17.6. The van der Waals surface area contributed by atoms with Crippen LogP contribution in [0.3, 0.4) is 0 Å². The molecule has 0 atom stereocenters. The Morgan fingerprint density at radius 3 is 2.41 bits per heavy atom. The fourth-order valence-electron chi connectivity index (χ4n) is 3.06. The topological polar surface area (TPSA) is 45.7 Å². The molecule has 0 bridgehead atoms. The molecule has 0 spiro atoms. The van der Waals surface area contributed by atoms with E-state index in [9.17, 15) is 4.79 Å². The van der Waals surface area contributed by atoms with Gasteiger partial charge in [0.25, 0.3) is 0 Å². The number of likely N-dealkylation sites (N-methyl/N-ethyl adjacent to an activating group) is 1. The number of fused-ring (bicyclic) bond motifs is 1. The molecule has 0 unspecified atom stereocenters. The molecule has 0 fully saturated rings. The van der Waals surface area contributed by atoms with Crippen molar-refractivity contribution >= 4 is 32.6 Å². The van der Waals surface area contributed by atoms with E-state index in [0.717, 1.165) is 39.6 Å². The van der Waals surface area contributed by atoms with Gasteiger partial charge in [-0.25, -0.2) is 4.98 Å². The largest absolute Gasteiger partial charge is 0.494 e. The second kappa shape index (κ2) is 9.85. The molecule has 1 amide bonds. The molecule has 5 nitrogen and oxygen atoms in total. The third kappa shape index (κ3) is 5.55. The summed E-state index contributed by atoms with van der Waals surface area (Å²) in [5.41, 5.74) is 3.21. The summed E-state index contributed by atoms with van der Waals surface area (Å²) in [7, 11) is 4.03. The maximum Gasteiger partial charge on any atom is 0.233 e. The molecule has 3 rings (SSSR count). The highest BCUT2D eigenvalue weighted by Gasteiger charge is 2.20. The molecule has 2 aromatic carbocycles. The predicted octanol–water partition coefficient (Wildman–Crippen LogP) is 4.39. The Morgan fingerprint density at radius 2 is 1.76 bits per heavy atom. The number of carbonyl (C=O) groups is 1. The van der Waals surface area contributed by atoms with Crippen LogP contribution in [0.2, 0.25) is 0 Å². The first-order valence-corrected chi connectivity index (χ1v) is 10.9. The number of carbonyl (C=O) groups excluding carboxylic acids is 1. The number of ether oxygens (including phenoxy) is 1. The summed E-state index contributed by atoms with van der Waals surface area (Å²) in [6.07, 6.45) is 1.33. The number of hydrogen-bond donors (Lipinski definition) is 0. The summed E-state index contributed by atoms with van der Waals surface area (Å²) in [4.78, 5) is 21.8. The summed E-state index contributed by atoms with van der Waals surface area (Å²) >= 11 is 1.59. The Bertz CT molecular complexity index is 950. The summed E-state index contributed by atoms with van der Waals surface area (Å²) in [6, 6.07) is 14.1. The van der Waals surface area contributed by atoms with Crippen LogP contribution in [-0.4, -0.2) is 49.6 Å². The van der Waals surface area contributed by atoms with Crippen molar-refractivity contribution in [2.75, 3.05) is 38.7 Å².